The Morgan fingerprint density at radius 3 is 2.56 bits per heavy atom. The Labute approximate surface area is 243 Å². The number of fused-ring (bicyclic) bond motifs is 1. The highest BCUT2D eigenvalue weighted by molar-refractivity contribution is 6.06. The highest BCUT2D eigenvalue weighted by Gasteiger charge is 2.20. The summed E-state index contributed by atoms with van der Waals surface area (Å²) in [6, 6.07) is 15.7. The molecule has 1 saturated heterocycles. The van der Waals surface area contributed by atoms with E-state index in [4.69, 9.17) is 9.47 Å². The van der Waals surface area contributed by atoms with Gasteiger partial charge in [0.05, 0.1) is 17.4 Å². The third kappa shape index (κ3) is 6.49. The van der Waals surface area contributed by atoms with Gasteiger partial charge in [-0.1, -0.05) is 18.7 Å². The van der Waals surface area contributed by atoms with Crippen LogP contribution in [0.1, 0.15) is 45.5 Å². The van der Waals surface area contributed by atoms with E-state index < -0.39 is 5.97 Å². The summed E-state index contributed by atoms with van der Waals surface area (Å²) >= 11 is 0. The third-order valence-corrected chi connectivity index (χ3v) is 7.22. The third-order valence-electron chi connectivity index (χ3n) is 7.22. The first-order valence-corrected chi connectivity index (χ1v) is 14.0. The fraction of sp³-hybridized carbons (Fsp3) is 0.303. The zero-order chi connectivity index (χ0) is 28.9. The predicted molar refractivity (Wildman–Crippen MR) is 166 cm³/mol. The summed E-state index contributed by atoms with van der Waals surface area (Å²) in [5.74, 6) is 0.0960. The first-order chi connectivity index (χ1) is 19.8. The molecule has 2 N–H and O–H groups in total. The number of aromatic nitrogens is 2. The average Bonchev–Trinajstić information content (AvgIpc) is 3.62. The number of pyridine rings is 1. The predicted octanol–water partition coefficient (Wildman–Crippen LogP) is 6.86. The van der Waals surface area contributed by atoms with Crippen molar-refractivity contribution in [3.8, 4) is 28.1 Å². The van der Waals surface area contributed by atoms with E-state index in [2.05, 4.69) is 26.8 Å². The number of carbonyl (C=O) groups excluding carboxylic acids is 2. The van der Waals surface area contributed by atoms with Crippen LogP contribution < -0.4 is 10.1 Å². The number of hydrogen-bond donors (Lipinski definition) is 2. The molecule has 1 aliphatic rings. The van der Waals surface area contributed by atoms with Crippen molar-refractivity contribution in [2.24, 2.45) is 0 Å². The summed E-state index contributed by atoms with van der Waals surface area (Å²) in [6.45, 7) is 13.0. The summed E-state index contributed by atoms with van der Waals surface area (Å²) < 4.78 is 11.4. The number of nitrogens with one attached hydrogen (secondary N) is 2. The van der Waals surface area contributed by atoms with Gasteiger partial charge in [-0.05, 0) is 106 Å². The summed E-state index contributed by atoms with van der Waals surface area (Å²) in [7, 11) is 0. The molecule has 2 aromatic heterocycles. The van der Waals surface area contributed by atoms with E-state index in [1.807, 2.05) is 63.2 Å². The summed E-state index contributed by atoms with van der Waals surface area (Å²) in [5, 5.41) is 3.66. The Bertz CT molecular complexity index is 1580. The second-order valence-electron chi connectivity index (χ2n) is 10.6. The van der Waals surface area contributed by atoms with Crippen LogP contribution in [0.4, 0.5) is 5.69 Å². The molecule has 1 amide bonds. The lowest BCUT2D eigenvalue weighted by atomic mass is 9.96. The number of likely N-dealkylation sites (tertiary alicyclic amines) is 1. The van der Waals surface area contributed by atoms with Crippen LogP contribution in [0, 0.1) is 6.92 Å². The number of nitrogens with zero attached hydrogens (tertiary/aromatic N) is 2. The van der Waals surface area contributed by atoms with Crippen LogP contribution in [0.5, 0.6) is 5.75 Å². The number of hydrogen-bond acceptors (Lipinski definition) is 6. The molecule has 0 unspecified atom stereocenters. The van der Waals surface area contributed by atoms with Crippen molar-refractivity contribution >= 4 is 28.6 Å². The van der Waals surface area contributed by atoms with Gasteiger partial charge in [-0.2, -0.15) is 0 Å². The lowest BCUT2D eigenvalue weighted by Gasteiger charge is -2.15. The van der Waals surface area contributed by atoms with E-state index >= 15 is 0 Å². The van der Waals surface area contributed by atoms with E-state index in [0.29, 0.717) is 23.5 Å². The SMILES string of the molecule is C=CC(=O)Nc1cc(-c2c(-c3ccc(OCCN4CCCC4)cc3)[nH]c3ncc(C(=O)OC(C)C)cc23)ccc1C.[HH].[HH]. The van der Waals surface area contributed by atoms with E-state index in [1.165, 1.54) is 25.1 Å². The Morgan fingerprint density at radius 2 is 1.85 bits per heavy atom. The zero-order valence-electron chi connectivity index (χ0n) is 23.8. The average molecular weight is 557 g/mol. The second-order valence-corrected chi connectivity index (χ2v) is 10.6. The number of ether oxygens (including phenoxy) is 2. The van der Waals surface area contributed by atoms with Gasteiger partial charge >= 0.3 is 5.97 Å². The normalized spacial score (nSPS) is 13.5. The van der Waals surface area contributed by atoms with Crippen LogP contribution in [-0.2, 0) is 9.53 Å². The summed E-state index contributed by atoms with van der Waals surface area (Å²) in [4.78, 5) is 35.3. The number of amides is 1. The van der Waals surface area contributed by atoms with Crippen molar-refractivity contribution in [1.82, 2.24) is 14.9 Å². The molecular weight excluding hydrogens is 516 g/mol. The Morgan fingerprint density at radius 1 is 1.12 bits per heavy atom. The van der Waals surface area contributed by atoms with Gasteiger partial charge in [0.1, 0.15) is 18.0 Å². The molecule has 4 aromatic rings. The number of carbonyl (C=O) groups is 2. The summed E-state index contributed by atoms with van der Waals surface area (Å²) in [5.41, 5.74) is 6.11. The van der Waals surface area contributed by atoms with Crippen molar-refractivity contribution in [3.05, 3.63) is 78.5 Å². The molecule has 216 valence electrons. The molecular formula is C33H40N4O4. The largest absolute Gasteiger partial charge is 0.492 e. The molecule has 0 atom stereocenters. The van der Waals surface area contributed by atoms with E-state index in [0.717, 1.165) is 58.7 Å². The molecule has 41 heavy (non-hydrogen) atoms. The number of anilines is 1. The molecule has 8 nitrogen and oxygen atoms in total. The fourth-order valence-corrected chi connectivity index (χ4v) is 5.09. The minimum atomic E-state index is -0.429. The van der Waals surface area contributed by atoms with E-state index in [1.54, 1.807) is 6.07 Å². The van der Waals surface area contributed by atoms with E-state index in [-0.39, 0.29) is 14.9 Å². The molecule has 5 rings (SSSR count). The van der Waals surface area contributed by atoms with Crippen LogP contribution in [0.25, 0.3) is 33.4 Å². The first kappa shape index (κ1) is 28.1. The maximum atomic E-state index is 12.7. The lowest BCUT2D eigenvalue weighted by Crippen LogP contribution is -2.25. The minimum absolute atomic E-state index is 0. The Hall–Kier alpha value is -4.43. The molecule has 0 spiro atoms. The van der Waals surface area contributed by atoms with Gasteiger partial charge in [0.15, 0.2) is 0 Å². The maximum absolute atomic E-state index is 12.7. The second kappa shape index (κ2) is 12.4. The highest BCUT2D eigenvalue weighted by Crippen LogP contribution is 2.40. The minimum Gasteiger partial charge on any atom is -0.492 e. The van der Waals surface area contributed by atoms with Crippen LogP contribution in [0.2, 0.25) is 0 Å². The molecule has 1 aliphatic heterocycles. The van der Waals surface area contributed by atoms with Crippen molar-refractivity contribution in [3.63, 3.8) is 0 Å². The van der Waals surface area contributed by atoms with Crippen molar-refractivity contribution in [1.29, 1.82) is 0 Å². The molecule has 2 aromatic carbocycles. The van der Waals surface area contributed by atoms with Crippen molar-refractivity contribution in [2.75, 3.05) is 31.6 Å². The topological polar surface area (TPSA) is 96.5 Å². The smallest absolute Gasteiger partial charge is 0.339 e. The number of esters is 1. The van der Waals surface area contributed by atoms with Crippen LogP contribution in [0.3, 0.4) is 0 Å². The first-order valence-electron chi connectivity index (χ1n) is 14.0. The number of rotatable bonds is 10. The number of aromatic amines is 1. The van der Waals surface area contributed by atoms with E-state index in [9.17, 15) is 9.59 Å². The quantitative estimate of drug-likeness (QED) is 0.164. The Balaban J connectivity index is 0.00000253. The van der Waals surface area contributed by atoms with Gasteiger partial charge in [-0.15, -0.1) is 0 Å². The molecule has 3 heterocycles. The highest BCUT2D eigenvalue weighted by atomic mass is 16.5. The number of aryl methyl sites for hydroxylation is 1. The maximum Gasteiger partial charge on any atom is 0.339 e. The Kier molecular flexibility index (Phi) is 8.50. The van der Waals surface area contributed by atoms with Gasteiger partial charge in [-0.3, -0.25) is 9.69 Å². The number of benzene rings is 2. The lowest BCUT2D eigenvalue weighted by molar-refractivity contribution is -0.111. The van der Waals surface area contributed by atoms with Gasteiger partial charge in [0.25, 0.3) is 0 Å². The van der Waals surface area contributed by atoms with Gasteiger partial charge in [0, 0.05) is 32.2 Å². The van der Waals surface area contributed by atoms with Crippen molar-refractivity contribution in [2.45, 2.75) is 39.7 Å². The van der Waals surface area contributed by atoms with Crippen LogP contribution in [-0.4, -0.2) is 59.1 Å². The molecule has 0 bridgehead atoms. The summed E-state index contributed by atoms with van der Waals surface area (Å²) in [6.07, 6.45) is 5.05. The van der Waals surface area contributed by atoms with Crippen LogP contribution >= 0.6 is 0 Å². The molecule has 0 radical (unpaired) electrons. The molecule has 0 aliphatic carbocycles. The van der Waals surface area contributed by atoms with Crippen LogP contribution in [0.15, 0.2) is 67.4 Å². The van der Waals surface area contributed by atoms with Gasteiger partial charge in [-0.25, -0.2) is 9.78 Å². The van der Waals surface area contributed by atoms with Gasteiger partial charge < -0.3 is 19.8 Å². The zero-order valence-corrected chi connectivity index (χ0v) is 23.8. The standard InChI is InChI=1S/C33H36N4O4.2H2/c1-5-29(38)35-28-19-24(9-8-22(28)4)30-27-18-25(33(39)41-21(2)3)20-34-32(27)36-31(30)23-10-12-26(13-11-23)40-17-16-37-14-6-7-15-37;;/h5,8-13,18-21H,1,6-7,14-17H2,2-4H3,(H,34,36)(H,35,38);2*1H. The number of H-pyrrole nitrogens is 1. The molecule has 8 heteroatoms. The molecule has 1 fully saturated rings. The fourth-order valence-electron chi connectivity index (χ4n) is 5.09. The van der Waals surface area contributed by atoms with Gasteiger partial charge in [0.2, 0.25) is 5.91 Å². The monoisotopic (exact) mass is 556 g/mol. The molecule has 0 saturated carbocycles. The van der Waals surface area contributed by atoms with Crippen molar-refractivity contribution < 1.29 is 21.9 Å².